The van der Waals surface area contributed by atoms with E-state index in [-0.39, 0.29) is 0 Å². The molecule has 0 aromatic carbocycles. The highest BCUT2D eigenvalue weighted by Gasteiger charge is 2.54. The first-order chi connectivity index (χ1) is 9.21. The Morgan fingerprint density at radius 1 is 1.21 bits per heavy atom. The topological polar surface area (TPSA) is 20.3 Å². The number of Topliss-reactive ketones (excluding diaryl/α,β-unsaturated/α-hetero) is 1. The molecule has 3 aliphatic carbocycles. The van der Waals surface area contributed by atoms with Crippen molar-refractivity contribution in [3.05, 3.63) is 11.1 Å². The molecule has 0 N–H and O–H groups in total. The first kappa shape index (κ1) is 12.1. The maximum Gasteiger partial charge on any atom is 0.137 e. The van der Waals surface area contributed by atoms with Crippen LogP contribution in [0.5, 0.6) is 0 Å². The molecule has 2 nitrogen and oxygen atoms in total. The molecule has 0 aromatic heterocycles. The highest BCUT2D eigenvalue weighted by Crippen LogP contribution is 2.60. The molecule has 19 heavy (non-hydrogen) atoms. The Balaban J connectivity index is 1.82. The molecule has 1 saturated heterocycles. The molecule has 0 aromatic rings. The summed E-state index contributed by atoms with van der Waals surface area (Å²) in [6.45, 7) is 1.24. The second-order valence-electron chi connectivity index (χ2n) is 7.31. The van der Waals surface area contributed by atoms with Gasteiger partial charge < -0.3 is 4.90 Å². The summed E-state index contributed by atoms with van der Waals surface area (Å²) in [6.07, 6.45) is 10.9. The monoisotopic (exact) mass is 259 g/mol. The average molecular weight is 259 g/mol. The van der Waals surface area contributed by atoms with Gasteiger partial charge in [-0.1, -0.05) is 24.0 Å². The van der Waals surface area contributed by atoms with Crippen LogP contribution in [0, 0.1) is 11.3 Å². The normalized spacial score (nSPS) is 42.9. The van der Waals surface area contributed by atoms with Crippen molar-refractivity contribution >= 4 is 5.78 Å². The van der Waals surface area contributed by atoms with Gasteiger partial charge in [0.15, 0.2) is 0 Å². The van der Waals surface area contributed by atoms with Gasteiger partial charge in [-0.05, 0) is 57.0 Å². The van der Waals surface area contributed by atoms with Crippen LogP contribution in [0.25, 0.3) is 0 Å². The Hall–Kier alpha value is -0.630. The minimum absolute atomic E-state index is 0.444. The fourth-order valence-electron chi connectivity index (χ4n) is 5.67. The Kier molecular flexibility index (Phi) is 2.67. The first-order valence-electron chi connectivity index (χ1n) is 8.14. The molecular weight excluding hydrogens is 234 g/mol. The van der Waals surface area contributed by atoms with Crippen molar-refractivity contribution in [3.8, 4) is 0 Å². The maximum absolute atomic E-state index is 12.0. The molecule has 1 saturated carbocycles. The predicted octanol–water partition coefficient (Wildman–Crippen LogP) is 3.32. The van der Waals surface area contributed by atoms with Crippen LogP contribution in [0.4, 0.5) is 0 Å². The summed E-state index contributed by atoms with van der Waals surface area (Å²) in [6, 6.07) is 0.779. The third kappa shape index (κ3) is 1.62. The molecule has 4 aliphatic rings. The Bertz CT molecular complexity index is 452. The fraction of sp³-hybridized carbons (Fsp3) is 0.824. The Morgan fingerprint density at radius 3 is 3.00 bits per heavy atom. The molecule has 0 spiro atoms. The summed E-state index contributed by atoms with van der Waals surface area (Å²) in [4.78, 5) is 14.6. The number of hydrogen-bond acceptors (Lipinski definition) is 2. The van der Waals surface area contributed by atoms with E-state index in [1.165, 1.54) is 45.1 Å². The third-order valence-electron chi connectivity index (χ3n) is 6.60. The highest BCUT2D eigenvalue weighted by molar-refractivity contribution is 5.83. The van der Waals surface area contributed by atoms with E-state index >= 15 is 0 Å². The summed E-state index contributed by atoms with van der Waals surface area (Å²) < 4.78 is 0. The highest BCUT2D eigenvalue weighted by atomic mass is 16.1. The third-order valence-corrected chi connectivity index (χ3v) is 6.60. The van der Waals surface area contributed by atoms with Crippen molar-refractivity contribution in [2.75, 3.05) is 13.6 Å². The van der Waals surface area contributed by atoms with Crippen molar-refractivity contribution in [1.29, 1.82) is 0 Å². The number of carbonyl (C=O) groups excluding carboxylic acids is 1. The minimum atomic E-state index is 0.444. The predicted molar refractivity (Wildman–Crippen MR) is 75.9 cm³/mol. The number of hydrogen-bond donors (Lipinski definition) is 0. The van der Waals surface area contributed by atoms with E-state index in [1.807, 2.05) is 0 Å². The molecule has 2 unspecified atom stereocenters. The van der Waals surface area contributed by atoms with Gasteiger partial charge in [-0.3, -0.25) is 4.79 Å². The zero-order valence-corrected chi connectivity index (χ0v) is 12.1. The lowest BCUT2D eigenvalue weighted by Gasteiger charge is -2.60. The van der Waals surface area contributed by atoms with Gasteiger partial charge in [-0.25, -0.2) is 0 Å². The second-order valence-corrected chi connectivity index (χ2v) is 7.31. The van der Waals surface area contributed by atoms with Gasteiger partial charge >= 0.3 is 0 Å². The van der Waals surface area contributed by atoms with E-state index in [0.29, 0.717) is 11.2 Å². The average Bonchev–Trinajstić information content (AvgIpc) is 2.43. The SMILES string of the molecule is CN1CCC23CCCC[C@H]2C1CC1=C3CC(=O)CC1. The van der Waals surface area contributed by atoms with Crippen LogP contribution in [0.1, 0.15) is 57.8 Å². The molecule has 1 aliphatic heterocycles. The maximum atomic E-state index is 12.0. The lowest BCUT2D eigenvalue weighted by Crippen LogP contribution is -2.58. The molecule has 2 heteroatoms. The van der Waals surface area contributed by atoms with Crippen LogP contribution in [-0.4, -0.2) is 30.3 Å². The quantitative estimate of drug-likeness (QED) is 0.622. The van der Waals surface area contributed by atoms with Gasteiger partial charge in [0.1, 0.15) is 5.78 Å². The van der Waals surface area contributed by atoms with Gasteiger partial charge in [-0.15, -0.1) is 0 Å². The van der Waals surface area contributed by atoms with Gasteiger partial charge in [-0.2, -0.15) is 0 Å². The Labute approximate surface area is 116 Å². The molecular formula is C17H25NO. The molecule has 1 heterocycles. The summed E-state index contributed by atoms with van der Waals surface area (Å²) in [7, 11) is 2.32. The van der Waals surface area contributed by atoms with Crippen molar-refractivity contribution in [1.82, 2.24) is 4.90 Å². The van der Waals surface area contributed by atoms with Crippen LogP contribution in [0.2, 0.25) is 0 Å². The number of likely N-dealkylation sites (tertiary alicyclic amines) is 1. The second kappa shape index (κ2) is 4.18. The largest absolute Gasteiger partial charge is 0.303 e. The van der Waals surface area contributed by atoms with Crippen molar-refractivity contribution < 1.29 is 4.79 Å². The molecule has 2 fully saturated rings. The van der Waals surface area contributed by atoms with E-state index in [2.05, 4.69) is 11.9 Å². The van der Waals surface area contributed by atoms with Crippen LogP contribution < -0.4 is 0 Å². The van der Waals surface area contributed by atoms with Gasteiger partial charge in [0.2, 0.25) is 0 Å². The van der Waals surface area contributed by atoms with E-state index < -0.39 is 0 Å². The minimum Gasteiger partial charge on any atom is -0.303 e. The smallest absolute Gasteiger partial charge is 0.137 e. The van der Waals surface area contributed by atoms with Gasteiger partial charge in [0.25, 0.3) is 0 Å². The van der Waals surface area contributed by atoms with E-state index in [1.54, 1.807) is 11.1 Å². The molecule has 2 bridgehead atoms. The summed E-state index contributed by atoms with van der Waals surface area (Å²) in [5, 5.41) is 0. The van der Waals surface area contributed by atoms with Crippen LogP contribution in [0.3, 0.4) is 0 Å². The number of ketones is 1. The van der Waals surface area contributed by atoms with Gasteiger partial charge in [0.05, 0.1) is 0 Å². The molecule has 104 valence electrons. The lowest BCUT2D eigenvalue weighted by molar-refractivity contribution is -0.120. The lowest BCUT2D eigenvalue weighted by atomic mass is 9.50. The fourth-order valence-corrected chi connectivity index (χ4v) is 5.67. The summed E-state index contributed by atoms with van der Waals surface area (Å²) in [5.74, 6) is 1.36. The van der Waals surface area contributed by atoms with Crippen molar-refractivity contribution in [2.45, 2.75) is 63.8 Å². The molecule has 0 radical (unpaired) electrons. The van der Waals surface area contributed by atoms with Gasteiger partial charge in [0, 0.05) is 18.9 Å². The first-order valence-corrected chi connectivity index (χ1v) is 8.14. The number of allylic oxidation sites excluding steroid dienone is 1. The van der Waals surface area contributed by atoms with E-state index in [9.17, 15) is 4.79 Å². The number of nitrogens with zero attached hydrogens (tertiary/aromatic N) is 1. The van der Waals surface area contributed by atoms with Crippen LogP contribution >= 0.6 is 0 Å². The zero-order chi connectivity index (χ0) is 13.0. The van der Waals surface area contributed by atoms with Crippen molar-refractivity contribution in [3.63, 3.8) is 0 Å². The summed E-state index contributed by atoms with van der Waals surface area (Å²) in [5.41, 5.74) is 3.77. The van der Waals surface area contributed by atoms with Crippen LogP contribution in [0.15, 0.2) is 11.1 Å². The number of carbonyl (C=O) groups is 1. The van der Waals surface area contributed by atoms with E-state index in [4.69, 9.17) is 0 Å². The molecule has 4 rings (SSSR count). The Morgan fingerprint density at radius 2 is 2.11 bits per heavy atom. The molecule has 3 atom stereocenters. The van der Waals surface area contributed by atoms with Crippen molar-refractivity contribution in [2.24, 2.45) is 11.3 Å². The molecule has 0 amide bonds. The van der Waals surface area contributed by atoms with Crippen LogP contribution in [-0.2, 0) is 4.79 Å². The summed E-state index contributed by atoms with van der Waals surface area (Å²) >= 11 is 0. The number of rotatable bonds is 0. The standard InChI is InChI=1S/C17H25NO/c1-18-9-8-17-7-3-2-4-14(17)16(18)10-12-5-6-13(19)11-15(12)17/h14,16H,2-11H2,1H3/t14-,16?,17?/m0/s1. The zero-order valence-electron chi connectivity index (χ0n) is 12.1. The number of piperidine rings is 1. The van der Waals surface area contributed by atoms with E-state index in [0.717, 1.165) is 31.2 Å².